The van der Waals surface area contributed by atoms with E-state index in [-0.39, 0.29) is 60.9 Å². The quantitative estimate of drug-likeness (QED) is 0.300. The fraction of sp³-hybridized carbons (Fsp3) is 1.00. The van der Waals surface area contributed by atoms with E-state index in [4.69, 9.17) is 0 Å². The molecule has 0 aromatic carbocycles. The second kappa shape index (κ2) is 23.2. The molecule has 8 heavy (non-hydrogen) atoms. The molecule has 0 unspecified atom stereocenters. The van der Waals surface area contributed by atoms with Crippen LogP contribution in [0.25, 0.3) is 0 Å². The van der Waals surface area contributed by atoms with Gasteiger partial charge in [-0.3, -0.25) is 0 Å². The molecule has 0 nitrogen and oxygen atoms in total. The molecule has 0 aliphatic carbocycles. The zero-order valence-electron chi connectivity index (χ0n) is 10.1. The summed E-state index contributed by atoms with van der Waals surface area (Å²) in [6.07, 6.45) is 4.08. The van der Waals surface area contributed by atoms with Crippen LogP contribution in [-0.2, 0) is 0 Å². The van der Waals surface area contributed by atoms with Crippen molar-refractivity contribution in [2.45, 2.75) is 33.1 Å². The molecule has 3 heteroatoms. The Labute approximate surface area is 93.5 Å². The summed E-state index contributed by atoms with van der Waals surface area (Å²) in [5, 5.41) is 0. The van der Waals surface area contributed by atoms with Crippen molar-refractivity contribution in [2.24, 2.45) is 0 Å². The van der Waals surface area contributed by atoms with Gasteiger partial charge in [-0.1, -0.05) is 33.1 Å². The van der Waals surface area contributed by atoms with E-state index in [0.717, 1.165) is 0 Å². The minimum absolute atomic E-state index is 0. The monoisotopic (exact) mass is 96.2 g/mol. The summed E-state index contributed by atoms with van der Waals surface area (Å²) in [6.45, 7) is 4.42. The molecule has 0 radical (unpaired) electrons. The Balaban J connectivity index is -0.00000000533. The van der Waals surface area contributed by atoms with Crippen LogP contribution in [0, 0.1) is 0 Å². The Morgan fingerprint density at radius 2 is 1.12 bits per heavy atom. The maximum atomic E-state index is 2.21. The molecule has 0 N–H and O–H groups in total. The first-order valence-corrected chi connectivity index (χ1v) is 2.41. The third kappa shape index (κ3) is 25.0. The molecule has 0 aliphatic rings. The molecule has 0 aromatic heterocycles. The fourth-order valence-electron chi connectivity index (χ4n) is 0.354. The van der Waals surface area contributed by atoms with Gasteiger partial charge in [0.25, 0.3) is 0 Å². The molecular formula is C5H15Li3. The van der Waals surface area contributed by atoms with Gasteiger partial charge in [0.2, 0.25) is 0 Å². The van der Waals surface area contributed by atoms with Crippen molar-refractivity contribution in [3.63, 3.8) is 0 Å². The van der Waals surface area contributed by atoms with Gasteiger partial charge < -0.3 is 4.28 Å². The zero-order chi connectivity index (χ0) is 4.12. The second-order valence-electron chi connectivity index (χ2n) is 1.35. The van der Waals surface area contributed by atoms with E-state index in [1.54, 1.807) is 0 Å². The fourth-order valence-corrected chi connectivity index (χ4v) is 0.354. The molecule has 0 bridgehead atoms. The molecule has 0 aliphatic heterocycles. The Hall–Kier alpha value is 1.79. The first-order valence-electron chi connectivity index (χ1n) is 2.41. The van der Waals surface area contributed by atoms with E-state index in [9.17, 15) is 0 Å². The van der Waals surface area contributed by atoms with Crippen LogP contribution in [0.2, 0.25) is 0 Å². The van der Waals surface area contributed by atoms with Crippen molar-refractivity contribution < 1.29 is 60.9 Å². The van der Waals surface area contributed by atoms with Crippen LogP contribution < -0.4 is 56.6 Å². The molecule has 0 aromatic rings. The average molecular weight is 96.0 g/mol. The van der Waals surface area contributed by atoms with Crippen molar-refractivity contribution in [2.75, 3.05) is 0 Å². The van der Waals surface area contributed by atoms with E-state index in [2.05, 4.69) is 13.8 Å². The summed E-state index contributed by atoms with van der Waals surface area (Å²) in [5.74, 6) is 0. The van der Waals surface area contributed by atoms with Gasteiger partial charge in [-0.2, -0.15) is 0 Å². The minimum Gasteiger partial charge on any atom is -1.00 e. The van der Waals surface area contributed by atoms with Gasteiger partial charge in [-0.25, -0.2) is 0 Å². The first kappa shape index (κ1) is 22.6. The van der Waals surface area contributed by atoms with Crippen LogP contribution in [0.1, 0.15) is 37.4 Å². The Morgan fingerprint density at radius 1 is 0.875 bits per heavy atom. The van der Waals surface area contributed by atoms with Crippen LogP contribution in [0.15, 0.2) is 0 Å². The molecule has 0 saturated carbocycles. The molecule has 0 heterocycles. The van der Waals surface area contributed by atoms with Crippen molar-refractivity contribution in [1.82, 2.24) is 0 Å². The normalized spacial score (nSPS) is 5.25. The molecule has 0 spiro atoms. The van der Waals surface area contributed by atoms with Gasteiger partial charge in [0.1, 0.15) is 0 Å². The van der Waals surface area contributed by atoms with Crippen molar-refractivity contribution in [3.8, 4) is 0 Å². The topological polar surface area (TPSA) is 0 Å². The van der Waals surface area contributed by atoms with Gasteiger partial charge in [-0.05, 0) is 0 Å². The second-order valence-corrected chi connectivity index (χ2v) is 1.35. The minimum atomic E-state index is 0. The van der Waals surface area contributed by atoms with E-state index < -0.39 is 0 Å². The summed E-state index contributed by atoms with van der Waals surface area (Å²) < 4.78 is 0. The molecule has 0 fully saturated rings. The van der Waals surface area contributed by atoms with Crippen LogP contribution in [0.4, 0.5) is 0 Å². The van der Waals surface area contributed by atoms with Gasteiger partial charge in [-0.15, -0.1) is 0 Å². The number of unbranched alkanes of at least 4 members (excludes halogenated alkanes) is 2. The van der Waals surface area contributed by atoms with Crippen molar-refractivity contribution in [3.05, 3.63) is 0 Å². The van der Waals surface area contributed by atoms with Crippen LogP contribution in [0.5, 0.6) is 0 Å². The summed E-state index contributed by atoms with van der Waals surface area (Å²) in [5.41, 5.74) is 0. The SMILES string of the molecule is CCCCC.[H-].[H-].[H-].[Li+].[Li+].[Li+]. The standard InChI is InChI=1S/C5H12.3Li.3H/c1-3-5-4-2;;;;;;/h3-5H2,1-2H3;;;;;;/q;3*+1;3*-1. The average Bonchev–Trinajstić information content (AvgIpc) is 1.41. The Morgan fingerprint density at radius 3 is 1.12 bits per heavy atom. The van der Waals surface area contributed by atoms with Crippen molar-refractivity contribution >= 4 is 0 Å². The predicted octanol–water partition coefficient (Wildman–Crippen LogP) is -6.45. The summed E-state index contributed by atoms with van der Waals surface area (Å²) >= 11 is 0. The molecule has 0 amide bonds. The van der Waals surface area contributed by atoms with Gasteiger partial charge in [0, 0.05) is 0 Å². The van der Waals surface area contributed by atoms with E-state index >= 15 is 0 Å². The van der Waals surface area contributed by atoms with Gasteiger partial charge in [0.15, 0.2) is 0 Å². The third-order valence-corrected chi connectivity index (χ3v) is 0.707. The summed E-state index contributed by atoms with van der Waals surface area (Å²) in [6, 6.07) is 0. The van der Waals surface area contributed by atoms with Gasteiger partial charge >= 0.3 is 56.6 Å². The number of hydrogen-bond acceptors (Lipinski definition) is 0. The maximum Gasteiger partial charge on any atom is 1.00 e. The number of rotatable bonds is 2. The first-order chi connectivity index (χ1) is 2.41. The van der Waals surface area contributed by atoms with Gasteiger partial charge in [0.05, 0.1) is 0 Å². The van der Waals surface area contributed by atoms with E-state index in [0.29, 0.717) is 0 Å². The Kier molecular flexibility index (Phi) is 65.6. The molecule has 0 saturated heterocycles. The Bertz CT molecular complexity index is 24.4. The number of hydrogen-bond donors (Lipinski definition) is 0. The molecular weight excluding hydrogens is 80.9 g/mol. The van der Waals surface area contributed by atoms with E-state index in [1.165, 1.54) is 19.3 Å². The smallest absolute Gasteiger partial charge is 1.00 e. The summed E-state index contributed by atoms with van der Waals surface area (Å²) in [7, 11) is 0. The largest absolute Gasteiger partial charge is 1.00 e. The van der Waals surface area contributed by atoms with Crippen LogP contribution >= 0.6 is 0 Å². The predicted molar refractivity (Wildman–Crippen MR) is 28.5 cm³/mol. The van der Waals surface area contributed by atoms with Crippen LogP contribution in [-0.4, -0.2) is 0 Å². The zero-order valence-corrected chi connectivity index (χ0v) is 7.12. The van der Waals surface area contributed by atoms with Crippen molar-refractivity contribution in [1.29, 1.82) is 0 Å². The molecule has 38 valence electrons. The maximum absolute atomic E-state index is 2.21. The van der Waals surface area contributed by atoms with Crippen LogP contribution in [0.3, 0.4) is 0 Å². The third-order valence-electron chi connectivity index (χ3n) is 0.707. The van der Waals surface area contributed by atoms with E-state index in [1.807, 2.05) is 0 Å². The molecule has 0 atom stereocenters. The summed E-state index contributed by atoms with van der Waals surface area (Å²) in [4.78, 5) is 0. The molecule has 0 rings (SSSR count).